The molecule has 0 aliphatic carbocycles. The first-order chi connectivity index (χ1) is 12.3. The lowest BCUT2D eigenvalue weighted by molar-refractivity contribution is -0.885. The van der Waals surface area contributed by atoms with Crippen LogP contribution in [0.1, 0.15) is 6.92 Å². The fourth-order valence-corrected chi connectivity index (χ4v) is 2.97. The van der Waals surface area contributed by atoms with Crippen LogP contribution in [-0.2, 0) is 9.59 Å². The molecule has 0 radical (unpaired) electrons. The van der Waals surface area contributed by atoms with E-state index in [4.69, 9.17) is 34.8 Å². The predicted octanol–water partition coefficient (Wildman–Crippen LogP) is 3.13. The lowest BCUT2D eigenvalue weighted by Crippen LogP contribution is -3.14. The van der Waals surface area contributed by atoms with Crippen LogP contribution < -0.4 is 15.5 Å². The molecule has 2 amide bonds. The zero-order valence-corrected chi connectivity index (χ0v) is 16.5. The van der Waals surface area contributed by atoms with Crippen LogP contribution in [-0.4, -0.2) is 31.4 Å². The summed E-state index contributed by atoms with van der Waals surface area (Å²) in [5.41, 5.74) is 1.05. The molecule has 26 heavy (non-hydrogen) atoms. The van der Waals surface area contributed by atoms with Crippen LogP contribution in [0, 0.1) is 0 Å². The van der Waals surface area contributed by atoms with Gasteiger partial charge in [0.15, 0.2) is 12.6 Å². The lowest BCUT2D eigenvalue weighted by atomic mass is 10.2. The number of rotatable bonds is 6. The summed E-state index contributed by atoms with van der Waals surface area (Å²) in [5, 5.41) is 6.82. The zero-order valence-electron chi connectivity index (χ0n) is 14.3. The molecule has 0 spiro atoms. The van der Waals surface area contributed by atoms with Crippen LogP contribution >= 0.6 is 34.8 Å². The minimum absolute atomic E-state index is 0.107. The van der Waals surface area contributed by atoms with Crippen LogP contribution in [0.5, 0.6) is 0 Å². The molecular weight excluding hydrogens is 397 g/mol. The quantitative estimate of drug-likeness (QED) is 0.679. The Morgan fingerprint density at radius 2 is 1.65 bits per heavy atom. The Labute approximate surface area is 167 Å². The summed E-state index contributed by atoms with van der Waals surface area (Å²) in [5.74, 6) is -0.479. The maximum Gasteiger partial charge on any atom is 0.282 e. The number of nitrogens with one attached hydrogen (secondary N) is 3. The van der Waals surface area contributed by atoms with Crippen LogP contribution in [0.3, 0.4) is 0 Å². The maximum atomic E-state index is 12.4. The largest absolute Gasteiger partial charge is 0.321 e. The molecule has 0 saturated heterocycles. The van der Waals surface area contributed by atoms with Gasteiger partial charge in [0, 0.05) is 15.7 Å². The molecule has 0 aliphatic heterocycles. The van der Waals surface area contributed by atoms with Crippen molar-refractivity contribution in [3.63, 3.8) is 0 Å². The third-order valence-corrected chi connectivity index (χ3v) is 4.62. The third kappa shape index (κ3) is 5.88. The number of hydrogen-bond acceptors (Lipinski definition) is 2. The van der Waals surface area contributed by atoms with Crippen molar-refractivity contribution in [1.82, 2.24) is 0 Å². The minimum Gasteiger partial charge on any atom is -0.321 e. The van der Waals surface area contributed by atoms with Crippen LogP contribution in [0.25, 0.3) is 0 Å². The number of anilines is 2. The van der Waals surface area contributed by atoms with Crippen molar-refractivity contribution in [1.29, 1.82) is 0 Å². The molecule has 0 aliphatic rings. The molecule has 2 rings (SSSR count). The zero-order chi connectivity index (χ0) is 19.3. The summed E-state index contributed by atoms with van der Waals surface area (Å²) in [7, 11) is 1.77. The van der Waals surface area contributed by atoms with Crippen molar-refractivity contribution in [3.8, 4) is 0 Å². The number of likely N-dealkylation sites (N-methyl/N-ethyl adjacent to an activating group) is 1. The molecule has 0 bridgehead atoms. The number of para-hydroxylation sites is 1. The standard InChI is InChI=1S/C18H18Cl3N3O2/c1-11(18(26)22-14-8-12(19)7-13(20)9-14)24(2)10-17(25)23-16-6-4-3-5-15(16)21/h3-9,11H,10H2,1-2H3,(H,22,26)(H,23,25)/p+1/t11-/m0/s1. The average Bonchev–Trinajstić information content (AvgIpc) is 2.55. The monoisotopic (exact) mass is 414 g/mol. The van der Waals surface area contributed by atoms with Crippen LogP contribution in [0.2, 0.25) is 15.1 Å². The second-order valence-electron chi connectivity index (χ2n) is 5.92. The van der Waals surface area contributed by atoms with Crippen LogP contribution in [0.4, 0.5) is 11.4 Å². The molecule has 0 saturated carbocycles. The Morgan fingerprint density at radius 1 is 1.04 bits per heavy atom. The van der Waals surface area contributed by atoms with Gasteiger partial charge in [-0.15, -0.1) is 0 Å². The van der Waals surface area contributed by atoms with Crippen molar-refractivity contribution in [2.75, 3.05) is 24.2 Å². The number of hydrogen-bond donors (Lipinski definition) is 3. The van der Waals surface area contributed by atoms with E-state index in [2.05, 4.69) is 10.6 Å². The van der Waals surface area contributed by atoms with Gasteiger partial charge in [0.05, 0.1) is 17.8 Å². The van der Waals surface area contributed by atoms with Gasteiger partial charge in [0.25, 0.3) is 11.8 Å². The van der Waals surface area contributed by atoms with Gasteiger partial charge >= 0.3 is 0 Å². The Balaban J connectivity index is 1.93. The maximum absolute atomic E-state index is 12.4. The fourth-order valence-electron chi connectivity index (χ4n) is 2.26. The van der Waals surface area contributed by atoms with Crippen molar-refractivity contribution >= 4 is 58.0 Å². The number of carbonyl (C=O) groups is 2. The van der Waals surface area contributed by atoms with Gasteiger partial charge in [-0.2, -0.15) is 0 Å². The molecular formula is C18H19Cl3N3O2+. The number of benzene rings is 2. The molecule has 2 atom stereocenters. The highest BCUT2D eigenvalue weighted by molar-refractivity contribution is 6.35. The van der Waals surface area contributed by atoms with E-state index in [0.29, 0.717) is 26.4 Å². The molecule has 3 N–H and O–H groups in total. The summed E-state index contributed by atoms with van der Waals surface area (Å²) in [6, 6.07) is 11.3. The average molecular weight is 416 g/mol. The minimum atomic E-state index is -0.468. The molecule has 0 aromatic heterocycles. The Morgan fingerprint density at radius 3 is 2.27 bits per heavy atom. The second kappa shape index (κ2) is 9.24. The number of amides is 2. The Kier molecular flexibility index (Phi) is 7.29. The van der Waals surface area contributed by atoms with E-state index in [1.807, 2.05) is 0 Å². The molecule has 8 heteroatoms. The van der Waals surface area contributed by atoms with E-state index in [1.165, 1.54) is 0 Å². The number of quaternary nitrogens is 1. The van der Waals surface area contributed by atoms with Gasteiger partial charge in [-0.25, -0.2) is 0 Å². The molecule has 5 nitrogen and oxygen atoms in total. The first kappa shape index (κ1) is 20.5. The van der Waals surface area contributed by atoms with E-state index in [1.54, 1.807) is 56.4 Å². The summed E-state index contributed by atoms with van der Waals surface area (Å²) < 4.78 is 0. The SMILES string of the molecule is C[C@@H](C(=O)Nc1cc(Cl)cc(Cl)c1)[NH+](C)CC(=O)Nc1ccccc1Cl. The smallest absolute Gasteiger partial charge is 0.282 e. The van der Waals surface area contributed by atoms with Crippen molar-refractivity contribution in [2.24, 2.45) is 0 Å². The fraction of sp³-hybridized carbons (Fsp3) is 0.222. The summed E-state index contributed by atoms with van der Waals surface area (Å²) in [4.78, 5) is 25.3. The molecule has 138 valence electrons. The number of halogens is 3. The summed E-state index contributed by atoms with van der Waals surface area (Å²) in [6.07, 6.45) is 0. The first-order valence-electron chi connectivity index (χ1n) is 7.90. The third-order valence-electron chi connectivity index (χ3n) is 3.85. The lowest BCUT2D eigenvalue weighted by Gasteiger charge is -2.21. The summed E-state index contributed by atoms with van der Waals surface area (Å²) in [6.45, 7) is 1.84. The Hall–Kier alpha value is -1.79. The van der Waals surface area contributed by atoms with Gasteiger partial charge < -0.3 is 15.5 Å². The predicted molar refractivity (Wildman–Crippen MR) is 106 cm³/mol. The van der Waals surface area contributed by atoms with Gasteiger partial charge in [-0.1, -0.05) is 46.9 Å². The van der Waals surface area contributed by atoms with Crippen molar-refractivity contribution < 1.29 is 14.5 Å². The molecule has 2 aromatic rings. The van der Waals surface area contributed by atoms with Gasteiger partial charge in [-0.05, 0) is 37.3 Å². The van der Waals surface area contributed by atoms with E-state index < -0.39 is 6.04 Å². The molecule has 2 aromatic carbocycles. The highest BCUT2D eigenvalue weighted by Crippen LogP contribution is 2.22. The summed E-state index contributed by atoms with van der Waals surface area (Å²) >= 11 is 17.9. The number of carbonyl (C=O) groups excluding carboxylic acids is 2. The molecule has 1 unspecified atom stereocenters. The second-order valence-corrected chi connectivity index (χ2v) is 7.20. The molecule has 0 heterocycles. The van der Waals surface area contributed by atoms with Gasteiger partial charge in [0.1, 0.15) is 0 Å². The van der Waals surface area contributed by atoms with Gasteiger partial charge in [-0.3, -0.25) is 9.59 Å². The van der Waals surface area contributed by atoms with E-state index in [-0.39, 0.29) is 18.4 Å². The highest BCUT2D eigenvalue weighted by atomic mass is 35.5. The van der Waals surface area contributed by atoms with Crippen molar-refractivity contribution in [2.45, 2.75) is 13.0 Å². The van der Waals surface area contributed by atoms with E-state index >= 15 is 0 Å². The molecule has 0 fully saturated rings. The topological polar surface area (TPSA) is 62.6 Å². The first-order valence-corrected chi connectivity index (χ1v) is 9.03. The van der Waals surface area contributed by atoms with Crippen LogP contribution in [0.15, 0.2) is 42.5 Å². The Bertz CT molecular complexity index is 794. The normalized spacial score (nSPS) is 13.0. The van der Waals surface area contributed by atoms with Crippen molar-refractivity contribution in [3.05, 3.63) is 57.5 Å². The van der Waals surface area contributed by atoms with E-state index in [0.717, 1.165) is 4.90 Å². The van der Waals surface area contributed by atoms with E-state index in [9.17, 15) is 9.59 Å². The highest BCUT2D eigenvalue weighted by Gasteiger charge is 2.24. The van der Waals surface area contributed by atoms with Gasteiger partial charge in [0.2, 0.25) is 0 Å².